The van der Waals surface area contributed by atoms with Gasteiger partial charge in [-0.3, -0.25) is 9.69 Å². The van der Waals surface area contributed by atoms with Crippen molar-refractivity contribution in [3.8, 4) is 5.75 Å². The zero-order valence-electron chi connectivity index (χ0n) is 18.3. The number of benzene rings is 1. The van der Waals surface area contributed by atoms with Gasteiger partial charge in [0.25, 0.3) is 5.91 Å². The molecule has 6 nitrogen and oxygen atoms in total. The van der Waals surface area contributed by atoms with Crippen molar-refractivity contribution < 1.29 is 9.53 Å². The van der Waals surface area contributed by atoms with Crippen LogP contribution in [0, 0.1) is 0 Å². The Morgan fingerprint density at radius 2 is 1.93 bits per heavy atom. The van der Waals surface area contributed by atoms with Gasteiger partial charge in [0.15, 0.2) is 0 Å². The van der Waals surface area contributed by atoms with Crippen molar-refractivity contribution in [1.82, 2.24) is 19.7 Å². The number of nitrogens with one attached hydrogen (secondary N) is 1. The summed E-state index contributed by atoms with van der Waals surface area (Å²) in [5, 5.41) is 3.13. The van der Waals surface area contributed by atoms with Crippen LogP contribution in [0.15, 0.2) is 30.3 Å². The first kappa shape index (κ1) is 20.9. The van der Waals surface area contributed by atoms with E-state index in [4.69, 9.17) is 4.74 Å². The summed E-state index contributed by atoms with van der Waals surface area (Å²) in [6.45, 7) is 6.76. The fraction of sp³-hybridized carbons (Fsp3) is 0.542. The van der Waals surface area contributed by atoms with E-state index in [1.165, 1.54) is 36.1 Å². The number of piperidine rings is 1. The van der Waals surface area contributed by atoms with E-state index in [1.807, 2.05) is 19.2 Å². The van der Waals surface area contributed by atoms with Crippen molar-refractivity contribution in [3.63, 3.8) is 0 Å². The van der Waals surface area contributed by atoms with Gasteiger partial charge < -0.3 is 19.5 Å². The van der Waals surface area contributed by atoms with Gasteiger partial charge in [-0.25, -0.2) is 0 Å². The number of hydrogen-bond donors (Lipinski definition) is 1. The molecule has 0 bridgehead atoms. The van der Waals surface area contributed by atoms with Gasteiger partial charge in [-0.15, -0.1) is 0 Å². The number of nitrogens with zero attached hydrogens (tertiary/aromatic N) is 3. The highest BCUT2D eigenvalue weighted by Gasteiger charge is 2.23. The Balaban J connectivity index is 1.34. The van der Waals surface area contributed by atoms with Gasteiger partial charge in [0.05, 0.1) is 7.11 Å². The van der Waals surface area contributed by atoms with Crippen molar-refractivity contribution in [2.45, 2.75) is 38.8 Å². The second kappa shape index (κ2) is 9.67. The molecule has 1 amide bonds. The fourth-order valence-corrected chi connectivity index (χ4v) is 4.74. The lowest BCUT2D eigenvalue weighted by atomic mass is 10.1. The number of carbonyl (C=O) groups is 1. The molecule has 1 aromatic heterocycles. The minimum atomic E-state index is 0.0447. The third kappa shape index (κ3) is 4.87. The van der Waals surface area contributed by atoms with E-state index < -0.39 is 0 Å². The molecular formula is C24H34N4O2. The number of rotatable bonds is 7. The number of methoxy groups -OCH3 is 1. The maximum absolute atomic E-state index is 12.8. The Labute approximate surface area is 179 Å². The van der Waals surface area contributed by atoms with Crippen molar-refractivity contribution in [2.24, 2.45) is 7.05 Å². The van der Waals surface area contributed by atoms with E-state index in [0.29, 0.717) is 0 Å². The molecule has 0 atom stereocenters. The lowest BCUT2D eigenvalue weighted by Gasteiger charge is -2.27. The van der Waals surface area contributed by atoms with Gasteiger partial charge >= 0.3 is 0 Å². The second-order valence-electron chi connectivity index (χ2n) is 8.53. The molecule has 4 rings (SSSR count). The minimum Gasteiger partial charge on any atom is -0.497 e. The van der Waals surface area contributed by atoms with Crippen LogP contribution in [0.3, 0.4) is 0 Å². The molecule has 0 radical (unpaired) electrons. The topological polar surface area (TPSA) is 49.7 Å². The molecule has 0 aliphatic carbocycles. The van der Waals surface area contributed by atoms with Gasteiger partial charge in [0.2, 0.25) is 0 Å². The number of amides is 1. The summed E-state index contributed by atoms with van der Waals surface area (Å²) in [5.41, 5.74) is 4.59. The highest BCUT2D eigenvalue weighted by Crippen LogP contribution is 2.24. The highest BCUT2D eigenvalue weighted by molar-refractivity contribution is 5.93. The van der Waals surface area contributed by atoms with Crippen LogP contribution in [-0.4, -0.2) is 60.1 Å². The van der Waals surface area contributed by atoms with Crippen LogP contribution >= 0.6 is 0 Å². The maximum Gasteiger partial charge on any atom is 0.267 e. The van der Waals surface area contributed by atoms with E-state index in [1.54, 1.807) is 7.11 Å². The molecule has 0 unspecified atom stereocenters. The molecule has 1 fully saturated rings. The Bertz CT molecular complexity index is 870. The number of likely N-dealkylation sites (tertiary alicyclic amines) is 1. The van der Waals surface area contributed by atoms with Crippen LogP contribution in [0.2, 0.25) is 0 Å². The molecule has 1 aromatic carbocycles. The van der Waals surface area contributed by atoms with Crippen LogP contribution in [0.25, 0.3) is 0 Å². The summed E-state index contributed by atoms with van der Waals surface area (Å²) in [4.78, 5) is 17.7. The van der Waals surface area contributed by atoms with Crippen molar-refractivity contribution in [3.05, 3.63) is 52.8 Å². The van der Waals surface area contributed by atoms with Crippen LogP contribution in [0.1, 0.15) is 46.6 Å². The normalized spacial score (nSPS) is 17.5. The smallest absolute Gasteiger partial charge is 0.267 e. The van der Waals surface area contributed by atoms with Gasteiger partial charge in [-0.05, 0) is 55.3 Å². The van der Waals surface area contributed by atoms with E-state index in [-0.39, 0.29) is 5.91 Å². The third-order valence-corrected chi connectivity index (χ3v) is 6.44. The largest absolute Gasteiger partial charge is 0.497 e. The van der Waals surface area contributed by atoms with Gasteiger partial charge in [-0.1, -0.05) is 18.6 Å². The summed E-state index contributed by atoms with van der Waals surface area (Å²) in [7, 11) is 3.73. The molecular weight excluding hydrogens is 376 g/mol. The Kier molecular flexibility index (Phi) is 6.75. The van der Waals surface area contributed by atoms with Crippen molar-refractivity contribution >= 4 is 5.91 Å². The molecule has 0 spiro atoms. The third-order valence-electron chi connectivity index (χ3n) is 6.44. The Morgan fingerprint density at radius 1 is 1.10 bits per heavy atom. The average molecular weight is 411 g/mol. The lowest BCUT2D eigenvalue weighted by Crippen LogP contribution is -2.38. The number of ether oxygens (including phenoxy) is 1. The zero-order valence-corrected chi connectivity index (χ0v) is 18.3. The van der Waals surface area contributed by atoms with Gasteiger partial charge in [-0.2, -0.15) is 0 Å². The first-order valence-corrected chi connectivity index (χ1v) is 11.2. The lowest BCUT2D eigenvalue weighted by molar-refractivity contribution is 0.0938. The summed E-state index contributed by atoms with van der Waals surface area (Å²) >= 11 is 0. The molecule has 0 saturated carbocycles. The van der Waals surface area contributed by atoms with E-state index in [0.717, 1.165) is 63.7 Å². The number of fused-ring (bicyclic) bond motifs is 1. The van der Waals surface area contributed by atoms with Crippen LogP contribution in [0.4, 0.5) is 0 Å². The zero-order chi connectivity index (χ0) is 20.9. The monoisotopic (exact) mass is 410 g/mol. The summed E-state index contributed by atoms with van der Waals surface area (Å²) < 4.78 is 7.44. The molecule has 162 valence electrons. The van der Waals surface area contributed by atoms with Crippen LogP contribution < -0.4 is 10.1 Å². The van der Waals surface area contributed by atoms with Gasteiger partial charge in [0.1, 0.15) is 11.4 Å². The summed E-state index contributed by atoms with van der Waals surface area (Å²) in [6, 6.07) is 10.3. The predicted molar refractivity (Wildman–Crippen MR) is 119 cm³/mol. The van der Waals surface area contributed by atoms with E-state index >= 15 is 0 Å². The highest BCUT2D eigenvalue weighted by atomic mass is 16.5. The second-order valence-corrected chi connectivity index (χ2v) is 8.53. The van der Waals surface area contributed by atoms with Gasteiger partial charge in [0, 0.05) is 51.9 Å². The minimum absolute atomic E-state index is 0.0447. The van der Waals surface area contributed by atoms with Crippen molar-refractivity contribution in [1.29, 1.82) is 0 Å². The SMILES string of the molecule is COc1cccc(CN2CCc3c(cc(C(=O)NCCN4CCCCC4)n3C)C2)c1. The summed E-state index contributed by atoms with van der Waals surface area (Å²) in [6.07, 6.45) is 4.87. The average Bonchev–Trinajstić information content (AvgIpc) is 3.10. The van der Waals surface area contributed by atoms with Crippen LogP contribution in [0.5, 0.6) is 5.75 Å². The molecule has 2 aliphatic heterocycles. The number of carbonyl (C=O) groups excluding carboxylic acids is 1. The van der Waals surface area contributed by atoms with Crippen molar-refractivity contribution in [2.75, 3.05) is 39.8 Å². The first-order chi connectivity index (χ1) is 14.6. The fourth-order valence-electron chi connectivity index (χ4n) is 4.74. The predicted octanol–water partition coefficient (Wildman–Crippen LogP) is 2.81. The van der Waals surface area contributed by atoms with Crippen LogP contribution in [-0.2, 0) is 26.6 Å². The molecule has 30 heavy (non-hydrogen) atoms. The van der Waals surface area contributed by atoms with E-state index in [2.05, 4.69) is 37.9 Å². The molecule has 1 N–H and O–H groups in total. The molecule has 1 saturated heterocycles. The number of hydrogen-bond acceptors (Lipinski definition) is 4. The maximum atomic E-state index is 12.8. The molecule has 2 aliphatic rings. The standard InChI is InChI=1S/C24H34N4O2/c1-26-22-9-13-28(17-19-7-6-8-21(15-19)30-2)18-20(22)16-23(26)24(29)25-10-14-27-11-4-3-5-12-27/h6-8,15-16H,3-5,9-14,17-18H2,1-2H3,(H,25,29). The molecule has 3 heterocycles. The first-order valence-electron chi connectivity index (χ1n) is 11.2. The van der Waals surface area contributed by atoms with E-state index in [9.17, 15) is 4.79 Å². The number of aromatic nitrogens is 1. The Morgan fingerprint density at radius 3 is 2.73 bits per heavy atom. The summed E-state index contributed by atoms with van der Waals surface area (Å²) in [5.74, 6) is 0.941. The quantitative estimate of drug-likeness (QED) is 0.763. The molecule has 6 heteroatoms. The molecule has 2 aromatic rings. The Hall–Kier alpha value is -2.31.